The van der Waals surface area contributed by atoms with Gasteiger partial charge in [0.25, 0.3) is 0 Å². The van der Waals surface area contributed by atoms with Crippen LogP contribution in [0.5, 0.6) is 0 Å². The number of rotatable bonds is 20. The molecule has 1 unspecified atom stereocenters. The third kappa shape index (κ3) is 14.2. The van der Waals surface area contributed by atoms with E-state index in [9.17, 15) is 4.79 Å². The van der Waals surface area contributed by atoms with Crippen molar-refractivity contribution in [2.24, 2.45) is 0 Å². The molecule has 0 saturated carbocycles. The highest BCUT2D eigenvalue weighted by atomic mass is 33.1. The zero-order chi connectivity index (χ0) is 26.0. The number of ether oxygens (including phenoxy) is 5. The molecule has 1 saturated heterocycles. The maximum Gasteiger partial charge on any atom is 0.305 e. The Bertz CT molecular complexity index is 771. The molecule has 3 aliphatic heterocycles. The Morgan fingerprint density at radius 1 is 0.838 bits per heavy atom. The Morgan fingerprint density at radius 3 is 2.08 bits per heavy atom. The number of aliphatic hydroxyl groups is 1. The summed E-state index contributed by atoms with van der Waals surface area (Å²) in [6, 6.07) is 0. The van der Waals surface area contributed by atoms with Crippen LogP contribution in [-0.2, 0) is 28.5 Å². The first kappa shape index (κ1) is 32.1. The molecule has 1 N–H and O–H groups in total. The van der Waals surface area contributed by atoms with Crippen molar-refractivity contribution >= 4 is 74.6 Å². The quantitative estimate of drug-likeness (QED) is 0.0963. The lowest BCUT2D eigenvalue weighted by Crippen LogP contribution is -2.13. The van der Waals surface area contributed by atoms with Gasteiger partial charge in [0.1, 0.15) is 6.61 Å². The van der Waals surface area contributed by atoms with Gasteiger partial charge in [0.05, 0.1) is 67.9 Å². The van der Waals surface area contributed by atoms with Gasteiger partial charge >= 0.3 is 5.97 Å². The van der Waals surface area contributed by atoms with E-state index in [1.54, 1.807) is 47.0 Å². The molecule has 210 valence electrons. The topological polar surface area (TPSA) is 83.5 Å². The van der Waals surface area contributed by atoms with Crippen LogP contribution in [0.25, 0.3) is 0 Å². The van der Waals surface area contributed by atoms with Gasteiger partial charge in [-0.05, 0) is 30.1 Å². The lowest BCUT2D eigenvalue weighted by molar-refractivity contribution is -0.145. The van der Waals surface area contributed by atoms with Gasteiger partial charge in [-0.25, -0.2) is 0 Å². The van der Waals surface area contributed by atoms with Gasteiger partial charge in [-0.1, -0.05) is 75.1 Å². The summed E-state index contributed by atoms with van der Waals surface area (Å²) in [4.78, 5) is 14.2. The Kier molecular flexibility index (Phi) is 17.8. The summed E-state index contributed by atoms with van der Waals surface area (Å²) in [5, 5.41) is 13.7. The molecule has 7 nitrogen and oxygen atoms in total. The van der Waals surface area contributed by atoms with E-state index in [2.05, 4.69) is 10.8 Å². The molecular formula is C24H36O7S6. The fraction of sp³-hybridized carbons (Fsp3) is 0.708. The van der Waals surface area contributed by atoms with E-state index < -0.39 is 0 Å². The number of hydrogen-bond donors (Lipinski definition) is 1. The third-order valence-corrected chi connectivity index (χ3v) is 13.4. The molecule has 0 radical (unpaired) electrons. The van der Waals surface area contributed by atoms with Crippen LogP contribution in [-0.4, -0.2) is 88.1 Å². The summed E-state index contributed by atoms with van der Waals surface area (Å²) < 4.78 is 29.9. The number of esters is 1. The van der Waals surface area contributed by atoms with Gasteiger partial charge in [-0.3, -0.25) is 4.79 Å². The molecule has 0 amide bonds. The molecule has 0 aromatic carbocycles. The largest absolute Gasteiger partial charge is 0.463 e. The second-order valence-electron chi connectivity index (χ2n) is 8.03. The van der Waals surface area contributed by atoms with Crippen LogP contribution in [0.3, 0.4) is 0 Å². The van der Waals surface area contributed by atoms with Crippen molar-refractivity contribution in [1.29, 1.82) is 0 Å². The zero-order valence-corrected chi connectivity index (χ0v) is 25.8. The molecule has 0 spiro atoms. The Morgan fingerprint density at radius 2 is 1.46 bits per heavy atom. The molecule has 3 aliphatic rings. The predicted molar refractivity (Wildman–Crippen MR) is 162 cm³/mol. The molecule has 0 aromatic rings. The van der Waals surface area contributed by atoms with Gasteiger partial charge in [0.2, 0.25) is 0 Å². The summed E-state index contributed by atoms with van der Waals surface area (Å²) in [6.07, 6.45) is 5.01. The van der Waals surface area contributed by atoms with Gasteiger partial charge < -0.3 is 28.8 Å². The van der Waals surface area contributed by atoms with Crippen molar-refractivity contribution in [2.75, 3.05) is 71.8 Å². The first-order valence-electron chi connectivity index (χ1n) is 12.4. The van der Waals surface area contributed by atoms with Crippen molar-refractivity contribution in [3.05, 3.63) is 29.1 Å². The van der Waals surface area contributed by atoms with Crippen molar-refractivity contribution < 1.29 is 33.6 Å². The fourth-order valence-corrected chi connectivity index (χ4v) is 11.0. The zero-order valence-electron chi connectivity index (χ0n) is 20.9. The minimum absolute atomic E-state index is 0.0384. The van der Waals surface area contributed by atoms with Crippen molar-refractivity contribution in [3.8, 4) is 0 Å². The van der Waals surface area contributed by atoms with E-state index >= 15 is 0 Å². The standard InChI is InChI=1S/C24H36O7S6/c25-6-7-27-8-10-29-15-20-17-32-23(35-20)24-33-18-21(36-24)16-30-11-9-28-12-13-31-22(26)4-2-1-3-19-5-14-34-37-19/h17-19,25H,1-16H2/b24-23-. The minimum Gasteiger partial charge on any atom is -0.463 e. The van der Waals surface area contributed by atoms with Crippen LogP contribution in [0.4, 0.5) is 0 Å². The molecule has 1 atom stereocenters. The lowest BCUT2D eigenvalue weighted by atomic mass is 10.1. The normalized spacial score (nSPS) is 21.5. The second kappa shape index (κ2) is 20.5. The highest BCUT2D eigenvalue weighted by Crippen LogP contribution is 2.55. The highest BCUT2D eigenvalue weighted by molar-refractivity contribution is 8.77. The van der Waals surface area contributed by atoms with Crippen LogP contribution in [0.15, 0.2) is 29.1 Å². The average molecular weight is 629 g/mol. The van der Waals surface area contributed by atoms with E-state index in [1.807, 2.05) is 21.6 Å². The molecule has 0 aromatic heterocycles. The first-order valence-corrected chi connectivity index (χ1v) is 18.2. The Labute approximate surface area is 245 Å². The fourth-order valence-electron chi connectivity index (χ4n) is 3.22. The van der Waals surface area contributed by atoms with E-state index in [-0.39, 0.29) is 12.6 Å². The van der Waals surface area contributed by atoms with Crippen LogP contribution in [0, 0.1) is 0 Å². The second-order valence-corrected chi connectivity index (χ2v) is 15.4. The summed E-state index contributed by atoms with van der Waals surface area (Å²) in [5.74, 6) is 1.13. The molecule has 3 heterocycles. The highest BCUT2D eigenvalue weighted by Gasteiger charge is 2.22. The van der Waals surface area contributed by atoms with Crippen LogP contribution < -0.4 is 0 Å². The summed E-state index contributed by atoms with van der Waals surface area (Å²) >= 11 is 6.98. The molecule has 1 fully saturated rings. The van der Waals surface area contributed by atoms with Crippen LogP contribution in [0.1, 0.15) is 32.1 Å². The third-order valence-electron chi connectivity index (χ3n) is 5.05. The van der Waals surface area contributed by atoms with E-state index in [1.165, 1.54) is 36.9 Å². The number of aliphatic hydroxyl groups excluding tert-OH is 1. The molecule has 0 bridgehead atoms. The molecular weight excluding hydrogens is 593 g/mol. The molecule has 13 heteroatoms. The van der Waals surface area contributed by atoms with E-state index in [0.717, 1.165) is 18.1 Å². The predicted octanol–water partition coefficient (Wildman–Crippen LogP) is 6.07. The smallest absolute Gasteiger partial charge is 0.305 e. The Balaban J connectivity index is 1.11. The number of unbranched alkanes of at least 4 members (excludes halogenated alkanes) is 1. The van der Waals surface area contributed by atoms with Gasteiger partial charge in [0, 0.05) is 27.2 Å². The van der Waals surface area contributed by atoms with Crippen molar-refractivity contribution in [3.63, 3.8) is 0 Å². The maximum absolute atomic E-state index is 11.8. The van der Waals surface area contributed by atoms with Crippen molar-refractivity contribution in [2.45, 2.75) is 37.4 Å². The molecule has 3 rings (SSSR count). The number of carbonyl (C=O) groups excluding carboxylic acids is 1. The summed E-state index contributed by atoms with van der Waals surface area (Å²) in [5.41, 5.74) is 0. The Hall–Kier alpha value is 0.590. The SMILES string of the molecule is O=C(CCCCC1CCSS1)OCCOCCOCC1=CS/C(=C2\SC=C(COCCOCCO)S2)S1. The minimum atomic E-state index is -0.127. The van der Waals surface area contributed by atoms with Crippen LogP contribution >= 0.6 is 68.6 Å². The molecule has 37 heavy (non-hydrogen) atoms. The first-order chi connectivity index (χ1) is 18.2. The van der Waals surface area contributed by atoms with Gasteiger partial charge in [0.15, 0.2) is 0 Å². The number of hydrogen-bond acceptors (Lipinski definition) is 13. The number of thioether (sulfide) groups is 4. The summed E-state index contributed by atoms with van der Waals surface area (Å²) in [6.45, 7) is 4.25. The van der Waals surface area contributed by atoms with Crippen LogP contribution in [0.2, 0.25) is 0 Å². The van der Waals surface area contributed by atoms with Gasteiger partial charge in [-0.2, -0.15) is 0 Å². The van der Waals surface area contributed by atoms with Crippen molar-refractivity contribution in [1.82, 2.24) is 0 Å². The van der Waals surface area contributed by atoms with Gasteiger partial charge in [-0.15, -0.1) is 0 Å². The maximum atomic E-state index is 11.8. The number of carbonyl (C=O) groups is 1. The molecule has 0 aliphatic carbocycles. The monoisotopic (exact) mass is 628 g/mol. The van der Waals surface area contributed by atoms with E-state index in [4.69, 9.17) is 28.8 Å². The van der Waals surface area contributed by atoms with E-state index in [0.29, 0.717) is 65.9 Å². The summed E-state index contributed by atoms with van der Waals surface area (Å²) in [7, 11) is 3.96. The average Bonchev–Trinajstić information content (AvgIpc) is 3.68. The lowest BCUT2D eigenvalue weighted by Gasteiger charge is -2.08.